The van der Waals surface area contributed by atoms with E-state index in [1.54, 1.807) is 98.1 Å². The molecule has 9 nitrogen and oxygen atoms in total. The molecule has 0 aliphatic carbocycles. The van der Waals surface area contributed by atoms with Crippen molar-refractivity contribution < 1.29 is 28.6 Å². The molecule has 4 aromatic rings. The largest absolute Gasteiger partial charge is 0.497 e. The third kappa shape index (κ3) is 7.49. The Bertz CT molecular complexity index is 1640. The van der Waals surface area contributed by atoms with Crippen molar-refractivity contribution in [2.45, 2.75) is 4.90 Å². The van der Waals surface area contributed by atoms with Gasteiger partial charge in [0.15, 0.2) is 11.5 Å². The lowest BCUT2D eigenvalue weighted by atomic mass is 10.1. The average Bonchev–Trinajstić information content (AvgIpc) is 3.48. The van der Waals surface area contributed by atoms with Gasteiger partial charge in [0.2, 0.25) is 12.7 Å². The van der Waals surface area contributed by atoms with Gasteiger partial charge < -0.3 is 30.2 Å². The van der Waals surface area contributed by atoms with Crippen LogP contribution in [0.15, 0.2) is 108 Å². The monoisotopic (exact) mass is 581 g/mol. The summed E-state index contributed by atoms with van der Waals surface area (Å²) in [5, 5.41) is 8.42. The van der Waals surface area contributed by atoms with E-state index in [2.05, 4.69) is 16.0 Å². The van der Waals surface area contributed by atoms with Crippen molar-refractivity contribution >= 4 is 46.9 Å². The molecule has 0 saturated heterocycles. The number of amides is 3. The van der Waals surface area contributed by atoms with Gasteiger partial charge in [-0.2, -0.15) is 0 Å². The normalized spacial score (nSPS) is 11.9. The summed E-state index contributed by atoms with van der Waals surface area (Å²) in [4.78, 5) is 39.6. The molecule has 5 rings (SSSR count). The molecule has 0 saturated carbocycles. The second-order valence-corrected chi connectivity index (χ2v) is 10.1. The van der Waals surface area contributed by atoms with Gasteiger partial charge in [0.05, 0.1) is 12.9 Å². The highest BCUT2D eigenvalue weighted by molar-refractivity contribution is 8.00. The summed E-state index contributed by atoms with van der Waals surface area (Å²) in [6.45, 7) is 0.160. The fourth-order valence-corrected chi connectivity index (χ4v) is 4.78. The molecule has 0 radical (unpaired) electrons. The number of fused-ring (bicyclic) bond motifs is 1. The number of nitrogens with one attached hydrogen (secondary N) is 3. The number of ether oxygens (including phenoxy) is 3. The first-order valence-electron chi connectivity index (χ1n) is 12.9. The molecule has 0 spiro atoms. The molecule has 3 N–H and O–H groups in total. The van der Waals surface area contributed by atoms with Crippen LogP contribution >= 0.6 is 11.8 Å². The minimum atomic E-state index is -0.509. The number of rotatable bonds is 10. The fraction of sp³-hybridized carbons (Fsp3) is 0.0938. The molecule has 0 unspecified atom stereocenters. The zero-order chi connectivity index (χ0) is 29.3. The molecule has 4 aromatic carbocycles. The molecule has 1 aliphatic rings. The van der Waals surface area contributed by atoms with Crippen molar-refractivity contribution in [3.8, 4) is 17.2 Å². The lowest BCUT2D eigenvalue weighted by molar-refractivity contribution is -0.114. The number of hydrogen-bond acceptors (Lipinski definition) is 7. The van der Waals surface area contributed by atoms with Crippen molar-refractivity contribution in [1.29, 1.82) is 0 Å². The zero-order valence-corrected chi connectivity index (χ0v) is 23.4. The molecule has 0 atom stereocenters. The van der Waals surface area contributed by atoms with E-state index in [-0.39, 0.29) is 24.2 Å². The van der Waals surface area contributed by atoms with Crippen LogP contribution in [0.4, 0.5) is 11.4 Å². The molecular weight excluding hydrogens is 554 g/mol. The van der Waals surface area contributed by atoms with Crippen molar-refractivity contribution in [1.82, 2.24) is 5.32 Å². The Kier molecular flexibility index (Phi) is 9.05. The zero-order valence-electron chi connectivity index (χ0n) is 22.6. The van der Waals surface area contributed by atoms with Crippen molar-refractivity contribution in [2.75, 3.05) is 30.3 Å². The first-order chi connectivity index (χ1) is 20.5. The molecule has 212 valence electrons. The molecular formula is C32H27N3O6S. The second kappa shape index (κ2) is 13.4. The average molecular weight is 582 g/mol. The first-order valence-corrected chi connectivity index (χ1v) is 13.9. The highest BCUT2D eigenvalue weighted by atomic mass is 32.2. The summed E-state index contributed by atoms with van der Waals surface area (Å²) in [7, 11) is 1.56. The Morgan fingerprint density at radius 1 is 0.833 bits per heavy atom. The van der Waals surface area contributed by atoms with Gasteiger partial charge in [0.1, 0.15) is 11.4 Å². The lowest BCUT2D eigenvalue weighted by Gasteiger charge is -2.12. The van der Waals surface area contributed by atoms with E-state index in [1.807, 2.05) is 12.1 Å². The standard InChI is InChI=1S/C32H27N3O6S/c1-39-25-11-5-7-21(15-25)16-27(35-31(37)22-8-3-2-4-9-22)32(38)34-23-10-6-12-26(17-23)42-19-30(36)33-24-13-14-28-29(18-24)41-20-40-28/h2-18H,19-20H2,1H3,(H,33,36)(H,34,38)(H,35,37)/b27-16-. The number of thioether (sulfide) groups is 1. The van der Waals surface area contributed by atoms with Crippen LogP contribution in [0.3, 0.4) is 0 Å². The quantitative estimate of drug-likeness (QED) is 0.166. The Hall–Kier alpha value is -5.22. The summed E-state index contributed by atoms with van der Waals surface area (Å²) in [6.07, 6.45) is 1.58. The molecule has 3 amide bonds. The number of hydrogen-bond donors (Lipinski definition) is 3. The van der Waals surface area contributed by atoms with Crippen LogP contribution in [0.2, 0.25) is 0 Å². The van der Waals surface area contributed by atoms with Crippen LogP contribution in [0.1, 0.15) is 15.9 Å². The summed E-state index contributed by atoms with van der Waals surface area (Å²) in [5.74, 6) is 0.874. The maximum atomic E-state index is 13.4. The molecule has 1 heterocycles. The van der Waals surface area contributed by atoms with Crippen LogP contribution < -0.4 is 30.2 Å². The van der Waals surface area contributed by atoms with Crippen molar-refractivity contribution in [3.63, 3.8) is 0 Å². The Labute approximate surface area is 246 Å². The summed E-state index contributed by atoms with van der Waals surface area (Å²) in [6, 6.07) is 28.1. The van der Waals surface area contributed by atoms with E-state index in [0.29, 0.717) is 39.8 Å². The van der Waals surface area contributed by atoms with Gasteiger partial charge in [-0.05, 0) is 66.2 Å². The van der Waals surface area contributed by atoms with Gasteiger partial charge >= 0.3 is 0 Å². The Morgan fingerprint density at radius 3 is 2.45 bits per heavy atom. The summed E-state index contributed by atoms with van der Waals surface area (Å²) >= 11 is 1.32. The predicted molar refractivity (Wildman–Crippen MR) is 162 cm³/mol. The highest BCUT2D eigenvalue weighted by Crippen LogP contribution is 2.34. The molecule has 0 bridgehead atoms. The van der Waals surface area contributed by atoms with Gasteiger partial charge in [0.25, 0.3) is 11.8 Å². The van der Waals surface area contributed by atoms with E-state index in [1.165, 1.54) is 11.8 Å². The topological polar surface area (TPSA) is 115 Å². The summed E-state index contributed by atoms with van der Waals surface area (Å²) < 4.78 is 15.9. The molecule has 10 heteroatoms. The Balaban J connectivity index is 1.25. The minimum Gasteiger partial charge on any atom is -0.497 e. The van der Waals surface area contributed by atoms with E-state index in [4.69, 9.17) is 14.2 Å². The van der Waals surface area contributed by atoms with E-state index in [9.17, 15) is 14.4 Å². The lowest BCUT2D eigenvalue weighted by Crippen LogP contribution is -2.30. The third-order valence-corrected chi connectivity index (χ3v) is 7.05. The third-order valence-electron chi connectivity index (χ3n) is 6.05. The number of carbonyl (C=O) groups excluding carboxylic acids is 3. The fourth-order valence-electron chi connectivity index (χ4n) is 4.02. The van der Waals surface area contributed by atoms with Crippen LogP contribution in [0.25, 0.3) is 6.08 Å². The number of methoxy groups -OCH3 is 1. The minimum absolute atomic E-state index is 0.0539. The molecule has 0 fully saturated rings. The molecule has 1 aliphatic heterocycles. The van der Waals surface area contributed by atoms with Gasteiger partial charge in [-0.3, -0.25) is 14.4 Å². The maximum Gasteiger partial charge on any atom is 0.272 e. The maximum absolute atomic E-state index is 13.4. The van der Waals surface area contributed by atoms with Gasteiger partial charge in [-0.15, -0.1) is 11.8 Å². The molecule has 0 aromatic heterocycles. The van der Waals surface area contributed by atoms with Crippen molar-refractivity contribution in [3.05, 3.63) is 114 Å². The number of benzene rings is 4. The van der Waals surface area contributed by atoms with Crippen LogP contribution in [-0.4, -0.2) is 37.4 Å². The number of carbonyl (C=O) groups is 3. The van der Waals surface area contributed by atoms with Gasteiger partial charge in [-0.1, -0.05) is 36.4 Å². The van der Waals surface area contributed by atoms with E-state index >= 15 is 0 Å². The van der Waals surface area contributed by atoms with Crippen LogP contribution in [-0.2, 0) is 9.59 Å². The predicted octanol–water partition coefficient (Wildman–Crippen LogP) is 5.56. The summed E-state index contributed by atoms with van der Waals surface area (Å²) in [5.41, 5.74) is 2.26. The molecule has 42 heavy (non-hydrogen) atoms. The van der Waals surface area contributed by atoms with E-state index in [0.717, 1.165) is 4.90 Å². The van der Waals surface area contributed by atoms with Crippen molar-refractivity contribution in [2.24, 2.45) is 0 Å². The Morgan fingerprint density at radius 2 is 1.62 bits per heavy atom. The van der Waals surface area contributed by atoms with Crippen LogP contribution in [0.5, 0.6) is 17.2 Å². The smallest absolute Gasteiger partial charge is 0.272 e. The van der Waals surface area contributed by atoms with Crippen LogP contribution in [0, 0.1) is 0 Å². The first kappa shape index (κ1) is 28.3. The van der Waals surface area contributed by atoms with Gasteiger partial charge in [0, 0.05) is 27.9 Å². The van der Waals surface area contributed by atoms with Gasteiger partial charge in [-0.25, -0.2) is 0 Å². The second-order valence-electron chi connectivity index (χ2n) is 9.04. The number of anilines is 2. The van der Waals surface area contributed by atoms with E-state index < -0.39 is 11.8 Å². The highest BCUT2D eigenvalue weighted by Gasteiger charge is 2.17. The SMILES string of the molecule is COc1cccc(/C=C(\NC(=O)c2ccccc2)C(=O)Nc2cccc(SCC(=O)Nc3ccc4c(c3)OCO4)c2)c1.